The second-order valence-corrected chi connectivity index (χ2v) is 5.69. The summed E-state index contributed by atoms with van der Waals surface area (Å²) in [6, 6.07) is 5.45. The van der Waals surface area contributed by atoms with Gasteiger partial charge in [0.2, 0.25) is 0 Å². The monoisotopic (exact) mass is 279 g/mol. The van der Waals surface area contributed by atoms with E-state index in [0.29, 0.717) is 18.5 Å². The predicted molar refractivity (Wildman–Crippen MR) is 78.1 cm³/mol. The molecule has 2 unspecified atom stereocenters. The van der Waals surface area contributed by atoms with Crippen LogP contribution in [0.15, 0.2) is 18.2 Å². The van der Waals surface area contributed by atoms with Crippen molar-refractivity contribution in [3.63, 3.8) is 0 Å². The number of nitrogens with zero attached hydrogens (tertiary/aromatic N) is 3. The number of hydrogen-bond acceptors (Lipinski definition) is 5. The minimum absolute atomic E-state index is 0.132. The minimum atomic E-state index is -0.375. The maximum Gasteiger partial charge on any atom is 0.274 e. The van der Waals surface area contributed by atoms with Crippen molar-refractivity contribution in [2.24, 2.45) is 0 Å². The van der Waals surface area contributed by atoms with Crippen LogP contribution in [0.3, 0.4) is 0 Å². The summed E-state index contributed by atoms with van der Waals surface area (Å²) < 4.78 is 0. The average molecular weight is 279 g/mol. The number of aliphatic hydroxyl groups excluding tert-OH is 1. The first-order valence-corrected chi connectivity index (χ1v) is 6.73. The van der Waals surface area contributed by atoms with Crippen molar-refractivity contribution in [1.82, 2.24) is 4.90 Å². The van der Waals surface area contributed by atoms with Gasteiger partial charge in [-0.3, -0.25) is 10.1 Å². The van der Waals surface area contributed by atoms with E-state index in [1.165, 1.54) is 0 Å². The number of β-amino-alcohol motifs (C(OH)–C–C–N with tert-alkyl or cyclic N) is 1. The highest BCUT2D eigenvalue weighted by molar-refractivity contribution is 5.58. The Morgan fingerprint density at radius 2 is 2.20 bits per heavy atom. The highest BCUT2D eigenvalue weighted by Crippen LogP contribution is 2.30. The minimum Gasteiger partial charge on any atom is -0.391 e. The number of aliphatic hydroxyl groups is 1. The van der Waals surface area contributed by atoms with Crippen LogP contribution in [0, 0.1) is 17.0 Å². The van der Waals surface area contributed by atoms with Crippen LogP contribution in [0.4, 0.5) is 11.4 Å². The molecule has 1 N–H and O–H groups in total. The van der Waals surface area contributed by atoms with Crippen molar-refractivity contribution in [3.05, 3.63) is 33.9 Å². The third-order valence-electron chi connectivity index (χ3n) is 3.69. The van der Waals surface area contributed by atoms with Crippen LogP contribution in [-0.4, -0.2) is 54.3 Å². The average Bonchev–Trinajstić information content (AvgIpc) is 2.69. The Morgan fingerprint density at radius 1 is 1.50 bits per heavy atom. The molecule has 1 aliphatic rings. The predicted octanol–water partition coefficient (Wildman–Crippen LogP) is 1.40. The molecule has 6 heteroatoms. The lowest BCUT2D eigenvalue weighted by atomic mass is 10.1. The van der Waals surface area contributed by atoms with Crippen LogP contribution < -0.4 is 4.90 Å². The molecule has 0 aromatic heterocycles. The Bertz CT molecular complexity index is 504. The highest BCUT2D eigenvalue weighted by atomic mass is 16.6. The molecule has 0 spiro atoms. The van der Waals surface area contributed by atoms with Crippen molar-refractivity contribution in [2.45, 2.75) is 25.5 Å². The van der Waals surface area contributed by atoms with Gasteiger partial charge in [-0.1, -0.05) is 6.07 Å². The van der Waals surface area contributed by atoms with E-state index in [-0.39, 0.29) is 22.8 Å². The zero-order chi connectivity index (χ0) is 14.9. The van der Waals surface area contributed by atoms with Crippen LogP contribution in [0.5, 0.6) is 0 Å². The quantitative estimate of drug-likeness (QED) is 0.666. The molecule has 1 aliphatic heterocycles. The van der Waals surface area contributed by atoms with Crippen molar-refractivity contribution in [3.8, 4) is 0 Å². The first-order chi connectivity index (χ1) is 9.38. The van der Waals surface area contributed by atoms with E-state index < -0.39 is 0 Å². The lowest BCUT2D eigenvalue weighted by molar-refractivity contribution is -0.385. The van der Waals surface area contributed by atoms with E-state index in [9.17, 15) is 15.2 Å². The molecule has 1 saturated heterocycles. The summed E-state index contributed by atoms with van der Waals surface area (Å²) in [6.07, 6.45) is 0.320. The van der Waals surface area contributed by atoms with Gasteiger partial charge in [-0.15, -0.1) is 0 Å². The summed E-state index contributed by atoms with van der Waals surface area (Å²) in [7, 11) is 3.97. The van der Waals surface area contributed by atoms with Gasteiger partial charge in [-0.25, -0.2) is 0 Å². The van der Waals surface area contributed by atoms with Crippen molar-refractivity contribution in [1.29, 1.82) is 0 Å². The van der Waals surface area contributed by atoms with Crippen LogP contribution in [0.2, 0.25) is 0 Å². The Hall–Kier alpha value is -1.66. The summed E-state index contributed by atoms with van der Waals surface area (Å²) >= 11 is 0. The molecule has 1 fully saturated rings. The molecule has 0 radical (unpaired) electrons. The van der Waals surface area contributed by atoms with Gasteiger partial charge in [0.05, 0.1) is 11.0 Å². The lowest BCUT2D eigenvalue weighted by Crippen LogP contribution is -2.37. The van der Waals surface area contributed by atoms with Gasteiger partial charge in [-0.05, 0) is 33.5 Å². The molecule has 1 aromatic rings. The van der Waals surface area contributed by atoms with Crippen LogP contribution in [0.25, 0.3) is 0 Å². The number of anilines is 1. The lowest BCUT2D eigenvalue weighted by Gasteiger charge is -2.28. The van der Waals surface area contributed by atoms with Crippen LogP contribution in [-0.2, 0) is 0 Å². The van der Waals surface area contributed by atoms with Gasteiger partial charge in [0.15, 0.2) is 0 Å². The third kappa shape index (κ3) is 3.08. The molecule has 1 aromatic carbocycles. The first-order valence-electron chi connectivity index (χ1n) is 6.73. The number of likely N-dealkylation sites (N-methyl/N-ethyl adjacent to an activating group) is 1. The Kier molecular flexibility index (Phi) is 4.25. The van der Waals surface area contributed by atoms with Crippen LogP contribution in [0.1, 0.15) is 12.0 Å². The van der Waals surface area contributed by atoms with E-state index in [2.05, 4.69) is 9.80 Å². The summed E-state index contributed by atoms with van der Waals surface area (Å²) in [5.74, 6) is 0. The molecule has 0 aliphatic carbocycles. The van der Waals surface area contributed by atoms with Gasteiger partial charge in [0.25, 0.3) is 5.69 Å². The van der Waals surface area contributed by atoms with Gasteiger partial charge < -0.3 is 14.9 Å². The highest BCUT2D eigenvalue weighted by Gasteiger charge is 2.32. The summed E-state index contributed by atoms with van der Waals surface area (Å²) in [4.78, 5) is 14.8. The van der Waals surface area contributed by atoms with Crippen LogP contribution >= 0.6 is 0 Å². The van der Waals surface area contributed by atoms with Crippen molar-refractivity contribution >= 4 is 11.4 Å². The normalized spacial score (nSPS) is 22.6. The van der Waals surface area contributed by atoms with Gasteiger partial charge in [0, 0.05) is 36.4 Å². The molecule has 0 amide bonds. The Balaban J connectivity index is 2.29. The summed E-state index contributed by atoms with van der Waals surface area (Å²) in [5, 5.41) is 20.9. The zero-order valence-corrected chi connectivity index (χ0v) is 12.1. The van der Waals surface area contributed by atoms with Crippen molar-refractivity contribution in [2.75, 3.05) is 32.1 Å². The van der Waals surface area contributed by atoms with E-state index in [0.717, 1.165) is 12.2 Å². The molecule has 110 valence electrons. The van der Waals surface area contributed by atoms with Gasteiger partial charge in [0.1, 0.15) is 0 Å². The smallest absolute Gasteiger partial charge is 0.274 e. The maximum atomic E-state index is 11.0. The first kappa shape index (κ1) is 14.7. The van der Waals surface area contributed by atoms with E-state index in [1.54, 1.807) is 19.1 Å². The molecule has 0 bridgehead atoms. The number of aryl methyl sites for hydroxylation is 1. The van der Waals surface area contributed by atoms with E-state index in [4.69, 9.17) is 0 Å². The third-order valence-corrected chi connectivity index (χ3v) is 3.69. The molecule has 20 heavy (non-hydrogen) atoms. The fourth-order valence-corrected chi connectivity index (χ4v) is 2.78. The fourth-order valence-electron chi connectivity index (χ4n) is 2.78. The molecule has 2 rings (SSSR count). The Labute approximate surface area is 118 Å². The second-order valence-electron chi connectivity index (χ2n) is 5.69. The molecule has 0 saturated carbocycles. The van der Waals surface area contributed by atoms with Gasteiger partial charge in [-0.2, -0.15) is 0 Å². The fraction of sp³-hybridized carbons (Fsp3) is 0.571. The molecular formula is C14H21N3O3. The maximum absolute atomic E-state index is 11.0. The molecule has 6 nitrogen and oxygen atoms in total. The largest absolute Gasteiger partial charge is 0.391 e. The van der Waals surface area contributed by atoms with E-state index >= 15 is 0 Å². The van der Waals surface area contributed by atoms with Crippen molar-refractivity contribution < 1.29 is 10.0 Å². The number of nitro benzene ring substituents is 1. The summed E-state index contributed by atoms with van der Waals surface area (Å²) in [6.45, 7) is 3.08. The molecule has 1 heterocycles. The number of hydrogen-bond donors (Lipinski definition) is 1. The number of nitro groups is 1. The molecule has 2 atom stereocenters. The standard InChI is InChI=1S/C14H21N3O3/c1-10-4-5-11(7-14(10)17(19)20)16-9-13(18)6-12(16)8-15(2)3/h4-5,7,12-13,18H,6,8-9H2,1-3H3. The topological polar surface area (TPSA) is 69.8 Å². The number of benzene rings is 1. The van der Waals surface area contributed by atoms with Gasteiger partial charge >= 0.3 is 0 Å². The molecular weight excluding hydrogens is 258 g/mol. The SMILES string of the molecule is Cc1ccc(N2CC(O)CC2CN(C)C)cc1[N+](=O)[O-]. The Morgan fingerprint density at radius 3 is 2.80 bits per heavy atom. The van der Waals surface area contributed by atoms with E-state index in [1.807, 2.05) is 20.2 Å². The zero-order valence-electron chi connectivity index (χ0n) is 12.1. The summed E-state index contributed by atoms with van der Waals surface area (Å²) in [5.41, 5.74) is 1.60. The number of rotatable bonds is 4. The second kappa shape index (κ2) is 5.76.